The van der Waals surface area contributed by atoms with Crippen molar-refractivity contribution in [3.8, 4) is 0 Å². The molecule has 0 saturated heterocycles. The predicted molar refractivity (Wildman–Crippen MR) is 71.1 cm³/mol. The third kappa shape index (κ3) is 1.99. The van der Waals surface area contributed by atoms with Gasteiger partial charge in [-0.15, -0.1) is 0 Å². The number of aryl methyl sites for hydroxylation is 1. The summed E-state index contributed by atoms with van der Waals surface area (Å²) in [6.07, 6.45) is 0.941. The summed E-state index contributed by atoms with van der Waals surface area (Å²) in [4.78, 5) is 0. The van der Waals surface area contributed by atoms with E-state index in [0.29, 0.717) is 5.02 Å². The van der Waals surface area contributed by atoms with Crippen LogP contribution in [0.25, 0.3) is 11.0 Å². The second-order valence-corrected chi connectivity index (χ2v) is 4.97. The Morgan fingerprint density at radius 1 is 1.44 bits per heavy atom. The van der Waals surface area contributed by atoms with Gasteiger partial charge in [0.1, 0.15) is 5.76 Å². The topological polar surface area (TPSA) is 25.2 Å². The molecular weight excluding hydrogens is 289 g/mol. The molecule has 0 saturated carbocycles. The maximum absolute atomic E-state index is 6.16. The molecule has 4 heteroatoms. The molecule has 0 amide bonds. The average Bonchev–Trinajstić information content (AvgIpc) is 2.56. The Labute approximate surface area is 108 Å². The van der Waals surface area contributed by atoms with Gasteiger partial charge < -0.3 is 9.73 Å². The zero-order chi connectivity index (χ0) is 11.7. The minimum Gasteiger partial charge on any atom is -0.458 e. The summed E-state index contributed by atoms with van der Waals surface area (Å²) in [6.45, 7) is 2.85. The van der Waals surface area contributed by atoms with Crippen molar-refractivity contribution in [1.82, 2.24) is 5.32 Å². The maximum atomic E-state index is 6.16. The molecule has 1 aromatic heterocycles. The third-order valence-corrected chi connectivity index (χ3v) is 3.32. The van der Waals surface area contributed by atoms with E-state index in [-0.39, 0.29) is 0 Å². The van der Waals surface area contributed by atoms with Gasteiger partial charge in [-0.25, -0.2) is 0 Å². The highest BCUT2D eigenvalue weighted by Crippen LogP contribution is 2.34. The summed E-state index contributed by atoms with van der Waals surface area (Å²) in [5, 5.41) is 4.86. The van der Waals surface area contributed by atoms with Crippen LogP contribution < -0.4 is 5.32 Å². The molecule has 0 spiro atoms. The quantitative estimate of drug-likeness (QED) is 0.922. The van der Waals surface area contributed by atoms with E-state index in [1.807, 2.05) is 13.1 Å². The summed E-state index contributed by atoms with van der Waals surface area (Å²) < 4.78 is 6.78. The summed E-state index contributed by atoms with van der Waals surface area (Å²) in [5.41, 5.74) is 2.01. The standard InChI is InChI=1S/C12H13BrClNO/c1-3-8-9-4-7(13)5-10(14)12(9)16-11(8)6-15-2/h4-5,15H,3,6H2,1-2H3. The van der Waals surface area contributed by atoms with Crippen LogP contribution >= 0.6 is 27.5 Å². The van der Waals surface area contributed by atoms with E-state index in [0.717, 1.165) is 34.2 Å². The van der Waals surface area contributed by atoms with E-state index in [9.17, 15) is 0 Å². The van der Waals surface area contributed by atoms with E-state index in [1.165, 1.54) is 5.56 Å². The zero-order valence-corrected chi connectivity index (χ0v) is 11.6. The molecule has 2 aromatic rings. The SMILES string of the molecule is CCc1c(CNC)oc2c(Cl)cc(Br)cc12. The maximum Gasteiger partial charge on any atom is 0.153 e. The number of hydrogen-bond donors (Lipinski definition) is 1. The van der Waals surface area contributed by atoms with Gasteiger partial charge in [0.05, 0.1) is 11.6 Å². The van der Waals surface area contributed by atoms with E-state index >= 15 is 0 Å². The number of rotatable bonds is 3. The highest BCUT2D eigenvalue weighted by atomic mass is 79.9. The Morgan fingerprint density at radius 2 is 2.19 bits per heavy atom. The van der Waals surface area contributed by atoms with Crippen LogP contribution in [-0.2, 0) is 13.0 Å². The number of benzene rings is 1. The molecule has 0 bridgehead atoms. The van der Waals surface area contributed by atoms with Gasteiger partial charge in [-0.1, -0.05) is 34.5 Å². The Bertz CT molecular complexity index is 521. The van der Waals surface area contributed by atoms with Crippen LogP contribution in [0.5, 0.6) is 0 Å². The fourth-order valence-corrected chi connectivity index (χ4v) is 2.76. The molecule has 0 unspecified atom stereocenters. The van der Waals surface area contributed by atoms with Crippen LogP contribution in [0.4, 0.5) is 0 Å². The molecule has 2 nitrogen and oxygen atoms in total. The Morgan fingerprint density at radius 3 is 2.81 bits per heavy atom. The van der Waals surface area contributed by atoms with Gasteiger partial charge in [0, 0.05) is 15.4 Å². The fourth-order valence-electron chi connectivity index (χ4n) is 1.91. The first-order valence-electron chi connectivity index (χ1n) is 5.21. The monoisotopic (exact) mass is 301 g/mol. The van der Waals surface area contributed by atoms with Crippen LogP contribution in [0.15, 0.2) is 21.0 Å². The lowest BCUT2D eigenvalue weighted by atomic mass is 10.1. The Kier molecular flexibility index (Phi) is 3.57. The Hall–Kier alpha value is -0.510. The molecule has 0 atom stereocenters. The summed E-state index contributed by atoms with van der Waals surface area (Å²) in [7, 11) is 1.91. The normalized spacial score (nSPS) is 11.2. The smallest absolute Gasteiger partial charge is 0.153 e. The Balaban J connectivity index is 2.71. The number of fused-ring (bicyclic) bond motifs is 1. The number of halogens is 2. The van der Waals surface area contributed by atoms with Crippen molar-refractivity contribution in [2.75, 3.05) is 7.05 Å². The largest absolute Gasteiger partial charge is 0.458 e. The van der Waals surface area contributed by atoms with E-state index in [2.05, 4.69) is 34.2 Å². The van der Waals surface area contributed by atoms with Crippen LogP contribution in [0.1, 0.15) is 18.2 Å². The molecule has 0 aliphatic carbocycles. The van der Waals surface area contributed by atoms with Crippen molar-refractivity contribution < 1.29 is 4.42 Å². The van der Waals surface area contributed by atoms with E-state index < -0.39 is 0 Å². The lowest BCUT2D eigenvalue weighted by Crippen LogP contribution is -2.05. The van der Waals surface area contributed by atoms with Crippen LogP contribution in [0.3, 0.4) is 0 Å². The van der Waals surface area contributed by atoms with E-state index in [1.54, 1.807) is 0 Å². The number of hydrogen-bond acceptors (Lipinski definition) is 2. The van der Waals surface area contributed by atoms with Crippen molar-refractivity contribution in [2.24, 2.45) is 0 Å². The van der Waals surface area contributed by atoms with Crippen molar-refractivity contribution >= 4 is 38.5 Å². The molecule has 16 heavy (non-hydrogen) atoms. The van der Waals surface area contributed by atoms with Crippen molar-refractivity contribution in [1.29, 1.82) is 0 Å². The lowest BCUT2D eigenvalue weighted by molar-refractivity contribution is 0.525. The third-order valence-electron chi connectivity index (χ3n) is 2.59. The van der Waals surface area contributed by atoms with Gasteiger partial charge in [0.25, 0.3) is 0 Å². The summed E-state index contributed by atoms with van der Waals surface area (Å²) >= 11 is 9.61. The lowest BCUT2D eigenvalue weighted by Gasteiger charge is -1.98. The van der Waals surface area contributed by atoms with Gasteiger partial charge in [-0.2, -0.15) is 0 Å². The zero-order valence-electron chi connectivity index (χ0n) is 9.23. The van der Waals surface area contributed by atoms with Crippen LogP contribution in [0.2, 0.25) is 5.02 Å². The van der Waals surface area contributed by atoms with Crippen LogP contribution in [0, 0.1) is 0 Å². The molecule has 1 aromatic carbocycles. The van der Waals surface area contributed by atoms with Gasteiger partial charge in [0.15, 0.2) is 5.58 Å². The molecule has 1 heterocycles. The van der Waals surface area contributed by atoms with Crippen LogP contribution in [-0.4, -0.2) is 7.05 Å². The van der Waals surface area contributed by atoms with Gasteiger partial charge >= 0.3 is 0 Å². The number of furan rings is 1. The fraction of sp³-hybridized carbons (Fsp3) is 0.333. The first kappa shape index (κ1) is 12.0. The first-order chi connectivity index (χ1) is 7.67. The molecule has 0 aliphatic heterocycles. The molecule has 86 valence electrons. The predicted octanol–water partition coefficient (Wildman–Crippen LogP) is 4.13. The molecule has 0 fully saturated rings. The van der Waals surface area contributed by atoms with Gasteiger partial charge in [-0.3, -0.25) is 0 Å². The molecule has 0 aliphatic rings. The average molecular weight is 303 g/mol. The summed E-state index contributed by atoms with van der Waals surface area (Å²) in [5.74, 6) is 0.972. The highest BCUT2D eigenvalue weighted by Gasteiger charge is 2.14. The van der Waals surface area contributed by atoms with Crippen molar-refractivity contribution in [3.63, 3.8) is 0 Å². The molecular formula is C12H13BrClNO. The minimum absolute atomic E-state index is 0.654. The van der Waals surface area contributed by atoms with Gasteiger partial charge in [-0.05, 0) is 25.6 Å². The van der Waals surface area contributed by atoms with Gasteiger partial charge in [0.2, 0.25) is 0 Å². The molecule has 1 N–H and O–H groups in total. The van der Waals surface area contributed by atoms with Crippen molar-refractivity contribution in [3.05, 3.63) is 33.0 Å². The second kappa shape index (κ2) is 4.78. The minimum atomic E-state index is 0.654. The van der Waals surface area contributed by atoms with Crippen molar-refractivity contribution in [2.45, 2.75) is 19.9 Å². The first-order valence-corrected chi connectivity index (χ1v) is 6.38. The molecule has 0 radical (unpaired) electrons. The highest BCUT2D eigenvalue weighted by molar-refractivity contribution is 9.10. The van der Waals surface area contributed by atoms with E-state index in [4.69, 9.17) is 16.0 Å². The molecule has 2 rings (SSSR count). The second-order valence-electron chi connectivity index (χ2n) is 3.65. The summed E-state index contributed by atoms with van der Waals surface area (Å²) in [6, 6.07) is 3.92. The number of nitrogens with one attached hydrogen (secondary N) is 1.